The van der Waals surface area contributed by atoms with Gasteiger partial charge in [0.25, 0.3) is 5.88 Å². The molecule has 0 fully saturated rings. The number of anilines is 1. The van der Waals surface area contributed by atoms with Crippen LogP contribution in [-0.4, -0.2) is 35.2 Å². The number of aryl methyl sites for hydroxylation is 1. The molecule has 0 spiro atoms. The normalized spacial score (nSPS) is 11.1. The van der Waals surface area contributed by atoms with Crippen LogP contribution in [0.2, 0.25) is 0 Å². The van der Waals surface area contributed by atoms with Crippen molar-refractivity contribution < 1.29 is 9.47 Å². The van der Waals surface area contributed by atoms with Crippen LogP contribution in [0.25, 0.3) is 11.3 Å². The zero-order valence-electron chi connectivity index (χ0n) is 16.9. The fraction of sp³-hybridized carbons (Fsp3) is 0.550. The van der Waals surface area contributed by atoms with Gasteiger partial charge in [-0.2, -0.15) is 0 Å². The van der Waals surface area contributed by atoms with Gasteiger partial charge in [0.2, 0.25) is 0 Å². The van der Waals surface area contributed by atoms with Crippen LogP contribution in [0.5, 0.6) is 11.6 Å². The van der Waals surface area contributed by atoms with Gasteiger partial charge in [-0.3, -0.25) is 4.98 Å². The van der Waals surface area contributed by atoms with Gasteiger partial charge in [0, 0.05) is 24.0 Å². The Morgan fingerprint density at radius 2 is 1.77 bits per heavy atom. The summed E-state index contributed by atoms with van der Waals surface area (Å²) in [6, 6.07) is 2.30. The predicted octanol–water partition coefficient (Wildman–Crippen LogP) is 4.59. The third kappa shape index (κ3) is 4.23. The Hall–Kier alpha value is -2.37. The van der Waals surface area contributed by atoms with Crippen molar-refractivity contribution in [3.63, 3.8) is 0 Å². The van der Waals surface area contributed by atoms with Gasteiger partial charge in [-0.25, -0.2) is 9.97 Å². The van der Waals surface area contributed by atoms with Gasteiger partial charge in [0.15, 0.2) is 5.82 Å². The maximum atomic E-state index is 5.58. The highest BCUT2D eigenvalue weighted by Gasteiger charge is 2.19. The molecule has 0 amide bonds. The summed E-state index contributed by atoms with van der Waals surface area (Å²) in [5, 5.41) is 3.42. The Labute approximate surface area is 156 Å². The number of nitrogens with zero attached hydrogens (tertiary/aromatic N) is 3. The third-order valence-corrected chi connectivity index (χ3v) is 4.51. The maximum Gasteiger partial charge on any atom is 0.257 e. The SMILES string of the molecule is CCC(CC)Nc1nc(C)c(-c2cnc(C(C)C)cc2OC)nc1OC. The highest BCUT2D eigenvalue weighted by Crippen LogP contribution is 2.34. The van der Waals surface area contributed by atoms with Crippen molar-refractivity contribution in [3.8, 4) is 22.9 Å². The van der Waals surface area contributed by atoms with Gasteiger partial charge in [-0.05, 0) is 25.7 Å². The zero-order chi connectivity index (χ0) is 19.3. The van der Waals surface area contributed by atoms with E-state index in [9.17, 15) is 0 Å². The van der Waals surface area contributed by atoms with Crippen LogP contribution in [0.15, 0.2) is 12.3 Å². The number of hydrogen-bond acceptors (Lipinski definition) is 6. The number of rotatable bonds is 8. The fourth-order valence-electron chi connectivity index (χ4n) is 2.80. The van der Waals surface area contributed by atoms with Crippen LogP contribution in [0.1, 0.15) is 57.8 Å². The van der Waals surface area contributed by atoms with E-state index in [4.69, 9.17) is 19.4 Å². The van der Waals surface area contributed by atoms with Crippen molar-refractivity contribution in [2.24, 2.45) is 0 Å². The van der Waals surface area contributed by atoms with Gasteiger partial charge >= 0.3 is 0 Å². The predicted molar refractivity (Wildman–Crippen MR) is 105 cm³/mol. The van der Waals surface area contributed by atoms with Crippen LogP contribution < -0.4 is 14.8 Å². The van der Waals surface area contributed by atoms with Crippen LogP contribution in [0, 0.1) is 6.92 Å². The van der Waals surface area contributed by atoms with E-state index < -0.39 is 0 Å². The summed E-state index contributed by atoms with van der Waals surface area (Å²) in [5.41, 5.74) is 3.32. The second kappa shape index (κ2) is 8.83. The first-order valence-electron chi connectivity index (χ1n) is 9.18. The first kappa shape index (κ1) is 19.9. The van der Waals surface area contributed by atoms with E-state index in [1.54, 1.807) is 20.4 Å². The summed E-state index contributed by atoms with van der Waals surface area (Å²) < 4.78 is 11.1. The van der Waals surface area contributed by atoms with Gasteiger partial charge in [-0.1, -0.05) is 27.7 Å². The second-order valence-corrected chi connectivity index (χ2v) is 6.64. The molecule has 0 radical (unpaired) electrons. The van der Waals surface area contributed by atoms with E-state index in [2.05, 4.69) is 38.0 Å². The molecular weight excluding hydrogens is 328 g/mol. The fourth-order valence-corrected chi connectivity index (χ4v) is 2.80. The number of ether oxygens (including phenoxy) is 2. The van der Waals surface area contributed by atoms with E-state index in [1.165, 1.54) is 0 Å². The molecule has 2 aromatic rings. The molecule has 0 saturated heterocycles. The molecule has 6 nitrogen and oxygen atoms in total. The third-order valence-electron chi connectivity index (χ3n) is 4.51. The Bertz CT molecular complexity index is 743. The lowest BCUT2D eigenvalue weighted by Gasteiger charge is -2.19. The second-order valence-electron chi connectivity index (χ2n) is 6.64. The lowest BCUT2D eigenvalue weighted by molar-refractivity contribution is 0.396. The first-order valence-corrected chi connectivity index (χ1v) is 9.18. The number of pyridine rings is 1. The van der Waals surface area contributed by atoms with Crippen molar-refractivity contribution in [2.75, 3.05) is 19.5 Å². The van der Waals surface area contributed by atoms with Crippen LogP contribution >= 0.6 is 0 Å². The van der Waals surface area contributed by atoms with Crippen molar-refractivity contribution >= 4 is 5.82 Å². The molecule has 26 heavy (non-hydrogen) atoms. The van der Waals surface area contributed by atoms with Crippen LogP contribution in [0.3, 0.4) is 0 Å². The van der Waals surface area contributed by atoms with Gasteiger partial charge in [0.05, 0.1) is 25.5 Å². The van der Waals surface area contributed by atoms with Gasteiger partial charge in [0.1, 0.15) is 11.4 Å². The summed E-state index contributed by atoms with van der Waals surface area (Å²) in [4.78, 5) is 14.0. The molecule has 1 N–H and O–H groups in total. The monoisotopic (exact) mass is 358 g/mol. The molecule has 0 saturated carbocycles. The topological polar surface area (TPSA) is 69.2 Å². The molecule has 2 aromatic heterocycles. The average Bonchev–Trinajstić information content (AvgIpc) is 2.65. The molecule has 0 atom stereocenters. The molecule has 2 heterocycles. The minimum Gasteiger partial charge on any atom is -0.496 e. The molecule has 142 valence electrons. The lowest BCUT2D eigenvalue weighted by Crippen LogP contribution is -2.19. The Balaban J connectivity index is 2.51. The summed E-state index contributed by atoms with van der Waals surface area (Å²) in [7, 11) is 3.27. The van der Waals surface area contributed by atoms with Crippen molar-refractivity contribution in [2.45, 2.75) is 59.4 Å². The van der Waals surface area contributed by atoms with E-state index >= 15 is 0 Å². The minimum atomic E-state index is 0.325. The molecule has 6 heteroatoms. The molecule has 0 aliphatic heterocycles. The molecule has 0 bridgehead atoms. The minimum absolute atomic E-state index is 0.325. The number of nitrogens with one attached hydrogen (secondary N) is 1. The van der Waals surface area contributed by atoms with E-state index in [-0.39, 0.29) is 0 Å². The molecule has 2 rings (SSSR count). The van der Waals surface area contributed by atoms with E-state index in [0.29, 0.717) is 23.7 Å². The van der Waals surface area contributed by atoms with E-state index in [1.807, 2.05) is 13.0 Å². The highest BCUT2D eigenvalue weighted by molar-refractivity contribution is 5.70. The number of methoxy groups -OCH3 is 2. The quantitative estimate of drug-likeness (QED) is 0.744. The van der Waals surface area contributed by atoms with E-state index in [0.717, 1.165) is 41.2 Å². The van der Waals surface area contributed by atoms with Gasteiger partial charge < -0.3 is 14.8 Å². The molecule has 0 aromatic carbocycles. The first-order chi connectivity index (χ1) is 12.4. The Morgan fingerprint density at radius 1 is 1.08 bits per heavy atom. The van der Waals surface area contributed by atoms with Crippen LogP contribution in [0.4, 0.5) is 5.82 Å². The smallest absolute Gasteiger partial charge is 0.257 e. The number of aromatic nitrogens is 3. The van der Waals surface area contributed by atoms with Crippen LogP contribution in [-0.2, 0) is 0 Å². The summed E-state index contributed by atoms with van der Waals surface area (Å²) in [5.74, 6) is 2.22. The average molecular weight is 358 g/mol. The molecule has 0 aliphatic rings. The van der Waals surface area contributed by atoms with Crippen molar-refractivity contribution in [1.82, 2.24) is 15.0 Å². The summed E-state index contributed by atoms with van der Waals surface area (Å²) in [6.45, 7) is 10.4. The summed E-state index contributed by atoms with van der Waals surface area (Å²) in [6.07, 6.45) is 3.83. The van der Waals surface area contributed by atoms with Gasteiger partial charge in [-0.15, -0.1) is 0 Å². The van der Waals surface area contributed by atoms with Crippen molar-refractivity contribution in [1.29, 1.82) is 0 Å². The largest absolute Gasteiger partial charge is 0.496 e. The van der Waals surface area contributed by atoms with Crippen molar-refractivity contribution in [3.05, 3.63) is 23.7 Å². The number of hydrogen-bond donors (Lipinski definition) is 1. The molecule has 0 unspecified atom stereocenters. The molecule has 0 aliphatic carbocycles. The molecular formula is C20H30N4O2. The maximum absolute atomic E-state index is 5.58. The lowest BCUT2D eigenvalue weighted by atomic mass is 10.1. The highest BCUT2D eigenvalue weighted by atomic mass is 16.5. The summed E-state index contributed by atoms with van der Waals surface area (Å²) >= 11 is 0. The zero-order valence-corrected chi connectivity index (χ0v) is 16.9. The Morgan fingerprint density at radius 3 is 2.31 bits per heavy atom. The standard InChI is InChI=1S/C20H30N4O2/c1-8-14(9-2)23-19-20(26-7)24-18(13(5)22-19)15-11-21-16(12(3)4)10-17(15)25-6/h10-12,14H,8-9H2,1-7H3,(H,22,23). The Kier molecular flexibility index (Phi) is 6.77.